The second-order valence-electron chi connectivity index (χ2n) is 5.64. The van der Waals surface area contributed by atoms with Crippen LogP contribution >= 0.6 is 23.2 Å². The van der Waals surface area contributed by atoms with Crippen LogP contribution in [-0.2, 0) is 19.1 Å². The minimum Gasteiger partial charge on any atom is -0.462 e. The number of alkyl halides is 2. The molecule has 1 aliphatic carbocycles. The molecule has 1 aromatic rings. The summed E-state index contributed by atoms with van der Waals surface area (Å²) in [5.41, 5.74) is -0.133. The molecule has 0 saturated heterocycles. The molecule has 1 saturated carbocycles. The number of anilines is 1. The molecule has 130 valence electrons. The van der Waals surface area contributed by atoms with Crippen LogP contribution in [0.25, 0.3) is 0 Å². The van der Waals surface area contributed by atoms with Crippen LogP contribution in [0.15, 0.2) is 24.3 Å². The molecule has 0 aromatic heterocycles. The number of carbonyl (C=O) groups is 3. The molecule has 0 spiro atoms. The van der Waals surface area contributed by atoms with Crippen molar-refractivity contribution in [2.45, 2.75) is 24.6 Å². The Kier molecular flexibility index (Phi) is 5.40. The maximum atomic E-state index is 11.9. The number of rotatable bonds is 6. The van der Waals surface area contributed by atoms with Gasteiger partial charge in [-0.05, 0) is 38.1 Å². The van der Waals surface area contributed by atoms with Crippen LogP contribution in [0.4, 0.5) is 5.69 Å². The van der Waals surface area contributed by atoms with Crippen molar-refractivity contribution in [3.05, 3.63) is 29.8 Å². The number of benzene rings is 1. The van der Waals surface area contributed by atoms with E-state index < -0.39 is 34.2 Å². The van der Waals surface area contributed by atoms with Gasteiger partial charge in [0, 0.05) is 12.1 Å². The van der Waals surface area contributed by atoms with Gasteiger partial charge in [0.1, 0.15) is 9.75 Å². The van der Waals surface area contributed by atoms with Gasteiger partial charge in [-0.25, -0.2) is 4.79 Å². The summed E-state index contributed by atoms with van der Waals surface area (Å²) in [6.07, 6.45) is 0.291. The summed E-state index contributed by atoms with van der Waals surface area (Å²) < 4.78 is 8.67. The third kappa shape index (κ3) is 3.99. The Hall–Kier alpha value is -1.79. The highest BCUT2D eigenvalue weighted by molar-refractivity contribution is 6.53. The molecule has 1 aliphatic rings. The summed E-state index contributed by atoms with van der Waals surface area (Å²) in [5, 5.41) is 2.55. The average molecular weight is 374 g/mol. The number of amides is 1. The Morgan fingerprint density at radius 1 is 1.17 bits per heavy atom. The van der Waals surface area contributed by atoms with Crippen molar-refractivity contribution in [2.24, 2.45) is 5.41 Å². The van der Waals surface area contributed by atoms with E-state index in [0.29, 0.717) is 17.7 Å². The van der Waals surface area contributed by atoms with E-state index in [1.807, 2.05) is 0 Å². The molecule has 8 heteroatoms. The van der Waals surface area contributed by atoms with Crippen LogP contribution in [0.3, 0.4) is 0 Å². The smallest absolute Gasteiger partial charge is 0.338 e. The second-order valence-corrected chi connectivity index (χ2v) is 7.12. The molecule has 0 heterocycles. The number of carbonyl (C=O) groups excluding carboxylic acids is 3. The lowest BCUT2D eigenvalue weighted by Gasteiger charge is -2.12. The number of ether oxygens (including phenoxy) is 2. The van der Waals surface area contributed by atoms with Gasteiger partial charge in [-0.2, -0.15) is 0 Å². The van der Waals surface area contributed by atoms with Crippen molar-refractivity contribution in [1.29, 1.82) is 0 Å². The molecule has 24 heavy (non-hydrogen) atoms. The van der Waals surface area contributed by atoms with Crippen molar-refractivity contribution in [2.75, 3.05) is 18.5 Å². The molecule has 1 aromatic carbocycles. The van der Waals surface area contributed by atoms with Crippen LogP contribution in [-0.4, -0.2) is 35.4 Å². The Labute approximate surface area is 149 Å². The van der Waals surface area contributed by atoms with Gasteiger partial charge < -0.3 is 14.8 Å². The fourth-order valence-corrected chi connectivity index (χ4v) is 2.70. The van der Waals surface area contributed by atoms with Gasteiger partial charge in [-0.15, -0.1) is 23.2 Å². The first-order chi connectivity index (χ1) is 11.2. The number of hydrogen-bond acceptors (Lipinski definition) is 5. The lowest BCUT2D eigenvalue weighted by Crippen LogP contribution is -2.26. The first-order valence-corrected chi connectivity index (χ1v) is 8.07. The van der Waals surface area contributed by atoms with Crippen LogP contribution in [0.5, 0.6) is 0 Å². The number of hydrogen-bond donors (Lipinski definition) is 1. The minimum absolute atomic E-state index is 0.285. The van der Waals surface area contributed by atoms with E-state index in [4.69, 9.17) is 32.7 Å². The van der Waals surface area contributed by atoms with E-state index in [1.165, 1.54) is 12.1 Å². The van der Waals surface area contributed by atoms with Gasteiger partial charge in [-0.3, -0.25) is 9.59 Å². The van der Waals surface area contributed by atoms with E-state index in [9.17, 15) is 14.4 Å². The summed E-state index contributed by atoms with van der Waals surface area (Å²) in [4.78, 5) is 35.2. The Morgan fingerprint density at radius 3 is 2.25 bits per heavy atom. The summed E-state index contributed by atoms with van der Waals surface area (Å²) in [6, 6.07) is 6.16. The molecule has 0 bridgehead atoms. The third-order valence-corrected chi connectivity index (χ3v) is 4.82. The highest BCUT2D eigenvalue weighted by Crippen LogP contribution is 2.64. The van der Waals surface area contributed by atoms with Gasteiger partial charge in [0.25, 0.3) is 5.91 Å². The average Bonchev–Trinajstić information content (AvgIpc) is 3.05. The molecule has 2 rings (SSSR count). The summed E-state index contributed by atoms with van der Waals surface area (Å²) in [5.74, 6) is -1.56. The standard InChI is InChI=1S/C16H17Cl2NO5/c1-3-23-13(21)10-4-6-11(7-5-10)19-12(20)8-24-14(22)15(2)9-16(15,17)18/h4-7H,3,8-9H2,1-2H3,(H,19,20)/t15-/m0/s1. The van der Waals surface area contributed by atoms with Gasteiger partial charge in [0.2, 0.25) is 0 Å². The van der Waals surface area contributed by atoms with Crippen LogP contribution in [0.1, 0.15) is 30.6 Å². The molecule has 1 N–H and O–H groups in total. The maximum Gasteiger partial charge on any atom is 0.338 e. The summed E-state index contributed by atoms with van der Waals surface area (Å²) >= 11 is 11.8. The van der Waals surface area contributed by atoms with Crippen molar-refractivity contribution < 1.29 is 23.9 Å². The van der Waals surface area contributed by atoms with E-state index in [-0.39, 0.29) is 6.61 Å². The molecule has 1 amide bonds. The first-order valence-electron chi connectivity index (χ1n) is 7.32. The largest absolute Gasteiger partial charge is 0.462 e. The SMILES string of the molecule is CCOC(=O)c1ccc(NC(=O)COC(=O)[C@]2(C)CC2(Cl)Cl)cc1. The summed E-state index contributed by atoms with van der Waals surface area (Å²) in [6.45, 7) is 3.14. The molecule has 6 nitrogen and oxygen atoms in total. The van der Waals surface area contributed by atoms with Gasteiger partial charge in [0.15, 0.2) is 6.61 Å². The van der Waals surface area contributed by atoms with E-state index >= 15 is 0 Å². The topological polar surface area (TPSA) is 81.7 Å². The number of nitrogens with one attached hydrogen (secondary N) is 1. The quantitative estimate of drug-likeness (QED) is 0.612. The van der Waals surface area contributed by atoms with E-state index in [0.717, 1.165) is 0 Å². The Bertz CT molecular complexity index is 659. The van der Waals surface area contributed by atoms with Gasteiger partial charge in [-0.1, -0.05) is 0 Å². The van der Waals surface area contributed by atoms with Crippen molar-refractivity contribution >= 4 is 46.7 Å². The molecular weight excluding hydrogens is 357 g/mol. The van der Waals surface area contributed by atoms with Crippen molar-refractivity contribution in [3.8, 4) is 0 Å². The van der Waals surface area contributed by atoms with Crippen LogP contribution < -0.4 is 5.32 Å². The van der Waals surface area contributed by atoms with Crippen molar-refractivity contribution in [1.82, 2.24) is 0 Å². The molecule has 0 unspecified atom stereocenters. The zero-order valence-electron chi connectivity index (χ0n) is 13.2. The molecule has 1 fully saturated rings. The predicted octanol–water partition coefficient (Wildman–Crippen LogP) is 2.93. The monoisotopic (exact) mass is 373 g/mol. The van der Waals surface area contributed by atoms with Crippen molar-refractivity contribution in [3.63, 3.8) is 0 Å². The van der Waals surface area contributed by atoms with Gasteiger partial charge >= 0.3 is 11.9 Å². The Morgan fingerprint density at radius 2 is 1.75 bits per heavy atom. The Balaban J connectivity index is 1.82. The number of halogens is 2. The first kappa shape index (κ1) is 18.5. The lowest BCUT2D eigenvalue weighted by atomic mass is 10.1. The molecule has 1 atom stereocenters. The normalized spacial score (nSPS) is 20.8. The molecule has 0 aliphatic heterocycles. The maximum absolute atomic E-state index is 11.9. The highest BCUT2D eigenvalue weighted by Gasteiger charge is 2.69. The van der Waals surface area contributed by atoms with Gasteiger partial charge in [0.05, 0.1) is 12.2 Å². The fourth-order valence-electron chi connectivity index (χ4n) is 2.01. The van der Waals surface area contributed by atoms with Crippen LogP contribution in [0, 0.1) is 5.41 Å². The highest BCUT2D eigenvalue weighted by atomic mass is 35.5. The third-order valence-electron chi connectivity index (χ3n) is 3.72. The summed E-state index contributed by atoms with van der Waals surface area (Å²) in [7, 11) is 0. The fraction of sp³-hybridized carbons (Fsp3) is 0.438. The molecule has 0 radical (unpaired) electrons. The van der Waals surface area contributed by atoms with E-state index in [1.54, 1.807) is 26.0 Å². The zero-order valence-corrected chi connectivity index (χ0v) is 14.7. The number of esters is 2. The predicted molar refractivity (Wildman–Crippen MR) is 89.1 cm³/mol. The lowest BCUT2D eigenvalue weighted by molar-refractivity contribution is -0.152. The second kappa shape index (κ2) is 6.99. The van der Waals surface area contributed by atoms with Crippen LogP contribution in [0.2, 0.25) is 0 Å². The molecular formula is C16H17Cl2NO5. The van der Waals surface area contributed by atoms with E-state index in [2.05, 4.69) is 5.32 Å². The minimum atomic E-state index is -1.14. The zero-order chi connectivity index (χ0) is 18.0.